The summed E-state index contributed by atoms with van der Waals surface area (Å²) in [4.78, 5) is 24.8. The van der Waals surface area contributed by atoms with Crippen LogP contribution in [0.4, 0.5) is 0 Å². The van der Waals surface area contributed by atoms with Crippen molar-refractivity contribution in [2.24, 2.45) is 16.7 Å². The molecule has 30 heavy (non-hydrogen) atoms. The van der Waals surface area contributed by atoms with E-state index in [9.17, 15) is 14.7 Å². The fourth-order valence-corrected chi connectivity index (χ4v) is 4.83. The molecule has 0 radical (unpaired) electrons. The van der Waals surface area contributed by atoms with E-state index in [2.05, 4.69) is 0 Å². The molecule has 2 heterocycles. The molecule has 0 spiro atoms. The number of allylic oxidation sites excluding steroid dienone is 6. The number of rotatable bonds is 5. The molecule has 0 aromatic heterocycles. The third kappa shape index (κ3) is 3.44. The molecule has 162 valence electrons. The number of aliphatic hydroxyl groups is 1. The standard InChI is InChI=1S/C25H32O5/c1-16(20-24(5,28)15-13-17(2)29-20)12-10-8-7-9-11-14-23(4)21-18(3)19(26)25(23,6)22(27)30-21/h7-15,17-18,20-21,28H,1-6H3/b9-7+,10-8+,14-11+,16-12+/t17-,18-,20-,21-,23-,24+,25-/m0/s1. The van der Waals surface area contributed by atoms with Gasteiger partial charge in [0.2, 0.25) is 0 Å². The van der Waals surface area contributed by atoms with Crippen LogP contribution in [0.3, 0.4) is 0 Å². The Hall–Kier alpha value is -2.24. The van der Waals surface area contributed by atoms with Gasteiger partial charge in [0.15, 0.2) is 5.78 Å². The van der Waals surface area contributed by atoms with Crippen LogP contribution in [0.5, 0.6) is 0 Å². The summed E-state index contributed by atoms with van der Waals surface area (Å²) in [6.45, 7) is 11.1. The Bertz CT molecular complexity index is 874. The number of fused-ring (bicyclic) bond motifs is 2. The number of hydrogen-bond acceptors (Lipinski definition) is 5. The van der Waals surface area contributed by atoms with Gasteiger partial charge in [-0.2, -0.15) is 0 Å². The molecule has 1 N–H and O–H groups in total. The van der Waals surface area contributed by atoms with Gasteiger partial charge in [-0.1, -0.05) is 68.5 Å². The summed E-state index contributed by atoms with van der Waals surface area (Å²) in [7, 11) is 0. The Morgan fingerprint density at radius 3 is 2.37 bits per heavy atom. The average molecular weight is 413 g/mol. The van der Waals surface area contributed by atoms with Gasteiger partial charge in [0.05, 0.1) is 12.0 Å². The van der Waals surface area contributed by atoms with Crippen LogP contribution in [0.1, 0.15) is 41.5 Å². The fraction of sp³-hybridized carbons (Fsp3) is 0.520. The summed E-state index contributed by atoms with van der Waals surface area (Å²) in [5.41, 5.74) is -1.85. The molecule has 5 heteroatoms. The zero-order valence-electron chi connectivity index (χ0n) is 18.6. The quantitative estimate of drug-likeness (QED) is 0.321. The highest BCUT2D eigenvalue weighted by atomic mass is 16.6. The number of Topliss-reactive ketones (excluding diaryl/α,β-unsaturated/α-hetero) is 1. The molecule has 5 nitrogen and oxygen atoms in total. The molecule has 7 atom stereocenters. The number of carbonyl (C=O) groups is 2. The number of carbonyl (C=O) groups excluding carboxylic acids is 2. The Labute approximate surface area is 178 Å². The van der Waals surface area contributed by atoms with Gasteiger partial charge in [-0.3, -0.25) is 9.59 Å². The molecule has 2 bridgehead atoms. The minimum Gasteiger partial charge on any atom is -0.460 e. The molecule has 1 saturated heterocycles. The summed E-state index contributed by atoms with van der Waals surface area (Å²) in [6, 6.07) is 0. The van der Waals surface area contributed by atoms with Gasteiger partial charge in [-0.15, -0.1) is 0 Å². The third-order valence-electron chi connectivity index (χ3n) is 6.92. The molecule has 3 aliphatic rings. The maximum atomic E-state index is 12.5. The average Bonchev–Trinajstić information content (AvgIpc) is 2.96. The fourth-order valence-electron chi connectivity index (χ4n) is 4.83. The molecule has 0 amide bonds. The monoisotopic (exact) mass is 412 g/mol. The first-order valence-corrected chi connectivity index (χ1v) is 10.5. The normalized spacial score (nSPS) is 44.2. The SMILES string of the molecule is C\C(=C/C=C/C=C/C=C/[C@@]1(C)[C@H]2OC(=O)[C@]1(C)C(=O)[C@@H]2C)[C@@H]1O[C@@H](C)C=C[C@@]1(C)O. The van der Waals surface area contributed by atoms with Gasteiger partial charge in [0.25, 0.3) is 0 Å². The highest BCUT2D eigenvalue weighted by Gasteiger charge is 2.73. The minimum absolute atomic E-state index is 0.0350. The van der Waals surface area contributed by atoms with Crippen molar-refractivity contribution in [1.82, 2.24) is 0 Å². The van der Waals surface area contributed by atoms with E-state index in [1.165, 1.54) is 0 Å². The zero-order valence-corrected chi connectivity index (χ0v) is 18.6. The molecular formula is C25H32O5. The first-order valence-electron chi connectivity index (χ1n) is 10.5. The lowest BCUT2D eigenvalue weighted by Crippen LogP contribution is -2.44. The van der Waals surface area contributed by atoms with Gasteiger partial charge in [-0.05, 0) is 33.3 Å². The third-order valence-corrected chi connectivity index (χ3v) is 6.92. The van der Waals surface area contributed by atoms with Crippen LogP contribution >= 0.6 is 0 Å². The molecule has 0 aromatic rings. The van der Waals surface area contributed by atoms with Crippen molar-refractivity contribution in [3.05, 3.63) is 60.3 Å². The lowest BCUT2D eigenvalue weighted by molar-refractivity contribution is -0.161. The van der Waals surface area contributed by atoms with Crippen LogP contribution in [0, 0.1) is 16.7 Å². The zero-order chi connectivity index (χ0) is 22.3. The summed E-state index contributed by atoms with van der Waals surface area (Å²) in [5.74, 6) is -0.737. The maximum absolute atomic E-state index is 12.5. The smallest absolute Gasteiger partial charge is 0.320 e. The Morgan fingerprint density at radius 1 is 1.07 bits per heavy atom. The van der Waals surface area contributed by atoms with Crippen molar-refractivity contribution in [3.8, 4) is 0 Å². The molecular weight excluding hydrogens is 380 g/mol. The molecule has 1 saturated carbocycles. The predicted octanol–water partition coefficient (Wildman–Crippen LogP) is 3.85. The van der Waals surface area contributed by atoms with Crippen molar-refractivity contribution in [3.63, 3.8) is 0 Å². The Balaban J connectivity index is 1.64. The minimum atomic E-state index is -1.11. The van der Waals surface area contributed by atoms with E-state index in [1.54, 1.807) is 19.9 Å². The summed E-state index contributed by atoms with van der Waals surface area (Å²) in [6.07, 6.45) is 16.0. The van der Waals surface area contributed by atoms with Crippen molar-refractivity contribution < 1.29 is 24.2 Å². The Morgan fingerprint density at radius 2 is 1.70 bits per heavy atom. The Kier molecular flexibility index (Phi) is 5.82. The summed E-state index contributed by atoms with van der Waals surface area (Å²) in [5, 5.41) is 10.5. The van der Waals surface area contributed by atoms with E-state index in [0.717, 1.165) is 5.57 Å². The van der Waals surface area contributed by atoms with Crippen LogP contribution in [0.15, 0.2) is 60.3 Å². The highest BCUT2D eigenvalue weighted by molar-refractivity contribution is 6.10. The van der Waals surface area contributed by atoms with E-state index >= 15 is 0 Å². The van der Waals surface area contributed by atoms with Crippen LogP contribution in [0.2, 0.25) is 0 Å². The van der Waals surface area contributed by atoms with Gasteiger partial charge in [-0.25, -0.2) is 0 Å². The van der Waals surface area contributed by atoms with Crippen molar-refractivity contribution >= 4 is 11.8 Å². The van der Waals surface area contributed by atoms with Crippen molar-refractivity contribution in [2.75, 3.05) is 0 Å². The summed E-state index contributed by atoms with van der Waals surface area (Å²) >= 11 is 0. The number of hydrogen-bond donors (Lipinski definition) is 1. The highest BCUT2D eigenvalue weighted by Crippen LogP contribution is 2.60. The van der Waals surface area contributed by atoms with Gasteiger partial charge in [0, 0.05) is 5.41 Å². The predicted molar refractivity (Wildman–Crippen MR) is 116 cm³/mol. The summed E-state index contributed by atoms with van der Waals surface area (Å²) < 4.78 is 11.3. The van der Waals surface area contributed by atoms with Gasteiger partial charge >= 0.3 is 5.97 Å². The van der Waals surface area contributed by atoms with Gasteiger partial charge in [0.1, 0.15) is 23.2 Å². The first kappa shape index (κ1) is 22.4. The second-order valence-corrected chi connectivity index (χ2v) is 9.23. The number of ketones is 1. The topological polar surface area (TPSA) is 72.8 Å². The van der Waals surface area contributed by atoms with E-state index in [4.69, 9.17) is 9.47 Å². The van der Waals surface area contributed by atoms with E-state index < -0.39 is 28.5 Å². The second-order valence-electron chi connectivity index (χ2n) is 9.23. The molecule has 0 aromatic carbocycles. The van der Waals surface area contributed by atoms with E-state index in [-0.39, 0.29) is 23.9 Å². The van der Waals surface area contributed by atoms with Crippen LogP contribution in [0.25, 0.3) is 0 Å². The second kappa shape index (κ2) is 7.78. The first-order chi connectivity index (χ1) is 13.9. The van der Waals surface area contributed by atoms with Crippen LogP contribution < -0.4 is 0 Å². The van der Waals surface area contributed by atoms with Crippen LogP contribution in [-0.4, -0.2) is 40.8 Å². The molecule has 3 rings (SSSR count). The largest absolute Gasteiger partial charge is 0.460 e. The lowest BCUT2D eigenvalue weighted by atomic mass is 9.68. The van der Waals surface area contributed by atoms with E-state index in [0.29, 0.717) is 0 Å². The molecule has 2 fully saturated rings. The molecule has 0 unspecified atom stereocenters. The van der Waals surface area contributed by atoms with Crippen molar-refractivity contribution in [1.29, 1.82) is 0 Å². The number of ether oxygens (including phenoxy) is 2. The van der Waals surface area contributed by atoms with E-state index in [1.807, 2.05) is 76.3 Å². The number of esters is 1. The van der Waals surface area contributed by atoms with Crippen LogP contribution in [-0.2, 0) is 19.1 Å². The molecule has 1 aliphatic carbocycles. The van der Waals surface area contributed by atoms with Crippen molar-refractivity contribution in [2.45, 2.75) is 65.5 Å². The maximum Gasteiger partial charge on any atom is 0.320 e. The van der Waals surface area contributed by atoms with Gasteiger partial charge < -0.3 is 14.6 Å². The lowest BCUT2D eigenvalue weighted by Gasteiger charge is -2.36. The molecule has 2 aliphatic heterocycles.